The monoisotopic (exact) mass is 431 g/mol. The van der Waals surface area contributed by atoms with Crippen LogP contribution < -0.4 is 10.6 Å². The number of hydrogen-bond acceptors (Lipinski definition) is 4. The summed E-state index contributed by atoms with van der Waals surface area (Å²) in [5.41, 5.74) is 6.65. The molecule has 2 fully saturated rings. The topological polar surface area (TPSA) is 58.8 Å². The SMILES string of the molecule is CCOC1CC(N)(C(=O)N(C)C2CCCN(c3ccccc3)C2)C1(C)C.Cl.Cl. The minimum Gasteiger partial charge on any atom is -0.378 e. The van der Waals surface area contributed by atoms with Gasteiger partial charge in [0.1, 0.15) is 5.54 Å². The Morgan fingerprint density at radius 3 is 2.50 bits per heavy atom. The molecule has 1 amide bonds. The molecule has 0 aromatic heterocycles. The van der Waals surface area contributed by atoms with Crippen LogP contribution >= 0.6 is 24.8 Å². The quantitative estimate of drug-likeness (QED) is 0.774. The lowest BCUT2D eigenvalue weighted by Gasteiger charge is -2.59. The number of ether oxygens (including phenoxy) is 1. The van der Waals surface area contributed by atoms with Crippen molar-refractivity contribution < 1.29 is 9.53 Å². The van der Waals surface area contributed by atoms with E-state index in [1.807, 2.05) is 24.9 Å². The number of benzene rings is 1. The van der Waals surface area contributed by atoms with Crippen LogP contribution in [-0.4, -0.2) is 55.2 Å². The molecular weight excluding hydrogens is 397 g/mol. The van der Waals surface area contributed by atoms with Crippen molar-refractivity contribution in [2.45, 2.75) is 57.7 Å². The molecule has 1 aliphatic heterocycles. The fourth-order valence-corrected chi connectivity index (χ4v) is 4.42. The molecule has 1 saturated heterocycles. The number of nitrogens with two attached hydrogens (primary N) is 1. The van der Waals surface area contributed by atoms with Crippen molar-refractivity contribution in [2.75, 3.05) is 31.6 Å². The molecule has 3 unspecified atom stereocenters. The summed E-state index contributed by atoms with van der Waals surface area (Å²) in [7, 11) is 1.92. The van der Waals surface area contributed by atoms with E-state index in [9.17, 15) is 4.79 Å². The van der Waals surface area contributed by atoms with Gasteiger partial charge < -0.3 is 20.3 Å². The summed E-state index contributed by atoms with van der Waals surface area (Å²) in [6.45, 7) is 8.65. The zero-order valence-electron chi connectivity index (χ0n) is 17.4. The van der Waals surface area contributed by atoms with Gasteiger partial charge in [-0.15, -0.1) is 24.8 Å². The van der Waals surface area contributed by atoms with Crippen molar-refractivity contribution in [1.82, 2.24) is 4.90 Å². The Kier molecular flexibility index (Phi) is 8.63. The molecule has 1 heterocycles. The van der Waals surface area contributed by atoms with Gasteiger partial charge in [0.05, 0.1) is 6.10 Å². The molecule has 1 aromatic carbocycles. The number of amides is 1. The number of anilines is 1. The van der Waals surface area contributed by atoms with Crippen LogP contribution in [0.25, 0.3) is 0 Å². The lowest BCUT2D eigenvalue weighted by Crippen LogP contribution is -2.76. The van der Waals surface area contributed by atoms with Crippen molar-refractivity contribution in [3.05, 3.63) is 30.3 Å². The van der Waals surface area contributed by atoms with Crippen LogP contribution in [0, 0.1) is 5.41 Å². The van der Waals surface area contributed by atoms with Crippen molar-refractivity contribution in [3.8, 4) is 0 Å². The number of piperidine rings is 1. The summed E-state index contributed by atoms with van der Waals surface area (Å²) in [6.07, 6.45) is 2.77. The standard InChI is InChI=1S/C21H33N3O2.2ClH/c1-5-26-18-14-21(22,20(18,2)3)19(25)23(4)17-12-9-13-24(15-17)16-10-7-6-8-11-16;;/h6-8,10-11,17-18H,5,9,12-15,22H2,1-4H3;2*1H. The zero-order valence-corrected chi connectivity index (χ0v) is 19.0. The molecular formula is C21H35Cl2N3O2. The van der Waals surface area contributed by atoms with Crippen LogP contribution in [0.4, 0.5) is 5.69 Å². The highest BCUT2D eigenvalue weighted by molar-refractivity contribution is 5.89. The second-order valence-corrected chi connectivity index (χ2v) is 8.33. The van der Waals surface area contributed by atoms with Crippen LogP contribution in [-0.2, 0) is 9.53 Å². The number of carbonyl (C=O) groups excluding carboxylic acids is 1. The first-order valence-corrected chi connectivity index (χ1v) is 9.79. The molecule has 2 N–H and O–H groups in total. The van der Waals surface area contributed by atoms with Gasteiger partial charge in [-0.1, -0.05) is 32.0 Å². The fourth-order valence-electron chi connectivity index (χ4n) is 4.42. The lowest BCUT2D eigenvalue weighted by atomic mass is 9.54. The maximum absolute atomic E-state index is 13.3. The number of likely N-dealkylation sites (N-methyl/N-ethyl adjacent to an activating group) is 1. The third-order valence-corrected chi connectivity index (χ3v) is 6.60. The van der Waals surface area contributed by atoms with Gasteiger partial charge in [-0.2, -0.15) is 0 Å². The Morgan fingerprint density at radius 1 is 1.29 bits per heavy atom. The summed E-state index contributed by atoms with van der Waals surface area (Å²) >= 11 is 0. The van der Waals surface area contributed by atoms with Gasteiger partial charge in [-0.3, -0.25) is 4.79 Å². The normalized spacial score (nSPS) is 28.4. The van der Waals surface area contributed by atoms with Crippen molar-refractivity contribution in [3.63, 3.8) is 0 Å². The van der Waals surface area contributed by atoms with Gasteiger partial charge in [0.25, 0.3) is 0 Å². The van der Waals surface area contributed by atoms with E-state index in [0.717, 1.165) is 25.9 Å². The first-order chi connectivity index (χ1) is 12.3. The highest BCUT2D eigenvalue weighted by atomic mass is 35.5. The number of nitrogens with zero attached hydrogens (tertiary/aromatic N) is 2. The lowest BCUT2D eigenvalue weighted by molar-refractivity contribution is -0.180. The molecule has 3 rings (SSSR count). The Balaban J connectivity index is 0.00000196. The first-order valence-electron chi connectivity index (χ1n) is 9.79. The third-order valence-electron chi connectivity index (χ3n) is 6.60. The molecule has 0 radical (unpaired) electrons. The molecule has 3 atom stereocenters. The maximum atomic E-state index is 13.3. The summed E-state index contributed by atoms with van der Waals surface area (Å²) in [5.74, 6) is 0.0540. The predicted molar refractivity (Wildman–Crippen MR) is 120 cm³/mol. The van der Waals surface area contributed by atoms with Gasteiger partial charge in [0, 0.05) is 50.3 Å². The largest absolute Gasteiger partial charge is 0.378 e. The number of carbonyl (C=O) groups is 1. The minimum absolute atomic E-state index is 0. The van der Waals surface area contributed by atoms with E-state index in [2.05, 4.69) is 43.0 Å². The van der Waals surface area contributed by atoms with E-state index < -0.39 is 5.54 Å². The molecule has 2 aliphatic rings. The minimum atomic E-state index is -0.837. The molecule has 1 saturated carbocycles. The Morgan fingerprint density at radius 2 is 1.93 bits per heavy atom. The Hall–Kier alpha value is -1.01. The van der Waals surface area contributed by atoms with E-state index in [4.69, 9.17) is 10.5 Å². The Labute approximate surface area is 181 Å². The summed E-state index contributed by atoms with van der Waals surface area (Å²) in [5, 5.41) is 0. The number of para-hydroxylation sites is 1. The van der Waals surface area contributed by atoms with Crippen molar-refractivity contribution >= 4 is 36.4 Å². The van der Waals surface area contributed by atoms with Crippen LogP contribution in [0.2, 0.25) is 0 Å². The van der Waals surface area contributed by atoms with Crippen LogP contribution in [0.3, 0.4) is 0 Å². The molecule has 0 spiro atoms. The van der Waals surface area contributed by atoms with Gasteiger partial charge in [-0.05, 0) is 31.9 Å². The number of halogens is 2. The fraction of sp³-hybridized carbons (Fsp3) is 0.667. The van der Waals surface area contributed by atoms with Gasteiger partial charge in [0.2, 0.25) is 5.91 Å². The van der Waals surface area contributed by atoms with E-state index >= 15 is 0 Å². The van der Waals surface area contributed by atoms with Crippen molar-refractivity contribution in [1.29, 1.82) is 0 Å². The van der Waals surface area contributed by atoms with Crippen molar-refractivity contribution in [2.24, 2.45) is 11.1 Å². The van der Waals surface area contributed by atoms with Crippen LogP contribution in [0.15, 0.2) is 30.3 Å². The van der Waals surface area contributed by atoms with E-state index in [1.165, 1.54) is 5.69 Å². The Bertz CT molecular complexity index is 644. The molecule has 160 valence electrons. The second-order valence-electron chi connectivity index (χ2n) is 8.33. The average Bonchev–Trinajstić information content (AvgIpc) is 2.67. The zero-order chi connectivity index (χ0) is 18.9. The predicted octanol–water partition coefficient (Wildman–Crippen LogP) is 3.49. The number of rotatable bonds is 5. The molecule has 1 aliphatic carbocycles. The molecule has 28 heavy (non-hydrogen) atoms. The second kappa shape index (κ2) is 9.66. The van der Waals surface area contributed by atoms with E-state index in [0.29, 0.717) is 13.0 Å². The number of hydrogen-bond donors (Lipinski definition) is 1. The molecule has 7 heteroatoms. The van der Waals surface area contributed by atoms with Gasteiger partial charge in [0.15, 0.2) is 0 Å². The van der Waals surface area contributed by atoms with Gasteiger partial charge >= 0.3 is 0 Å². The summed E-state index contributed by atoms with van der Waals surface area (Å²) < 4.78 is 5.78. The van der Waals surface area contributed by atoms with Gasteiger partial charge in [-0.25, -0.2) is 0 Å². The third kappa shape index (κ3) is 4.28. The van der Waals surface area contributed by atoms with Crippen LogP contribution in [0.5, 0.6) is 0 Å². The first kappa shape index (κ1) is 25.0. The smallest absolute Gasteiger partial charge is 0.243 e. The molecule has 5 nitrogen and oxygen atoms in total. The van der Waals surface area contributed by atoms with E-state index in [1.54, 1.807) is 0 Å². The molecule has 0 bridgehead atoms. The summed E-state index contributed by atoms with van der Waals surface area (Å²) in [6, 6.07) is 10.6. The summed E-state index contributed by atoms with van der Waals surface area (Å²) in [4.78, 5) is 17.6. The highest BCUT2D eigenvalue weighted by Gasteiger charge is 2.63. The molecule has 1 aromatic rings. The highest BCUT2D eigenvalue weighted by Crippen LogP contribution is 2.50. The average molecular weight is 432 g/mol. The van der Waals surface area contributed by atoms with E-state index in [-0.39, 0.29) is 48.3 Å². The van der Waals surface area contributed by atoms with Crippen LogP contribution in [0.1, 0.15) is 40.0 Å². The maximum Gasteiger partial charge on any atom is 0.243 e.